The Bertz CT molecular complexity index is 421. The van der Waals surface area contributed by atoms with Gasteiger partial charge in [-0.25, -0.2) is 0 Å². The number of benzene rings is 1. The van der Waals surface area contributed by atoms with E-state index in [0.29, 0.717) is 5.25 Å². The molecule has 1 aromatic carbocycles. The summed E-state index contributed by atoms with van der Waals surface area (Å²) in [4.78, 5) is 1.34. The lowest BCUT2D eigenvalue weighted by atomic mass is 9.90. The molecule has 0 saturated carbocycles. The third-order valence-electron chi connectivity index (χ3n) is 3.96. The first-order valence-electron chi connectivity index (χ1n) is 8.64. The van der Waals surface area contributed by atoms with Crippen LogP contribution in [0.4, 0.5) is 0 Å². The van der Waals surface area contributed by atoms with Crippen LogP contribution in [0.15, 0.2) is 60.0 Å². The van der Waals surface area contributed by atoms with Gasteiger partial charge in [0.1, 0.15) is 0 Å². The third kappa shape index (κ3) is 8.48. The van der Waals surface area contributed by atoms with Crippen molar-refractivity contribution in [1.29, 1.82) is 0 Å². The first-order chi connectivity index (χ1) is 10.7. The van der Waals surface area contributed by atoms with E-state index >= 15 is 0 Å². The quantitative estimate of drug-likeness (QED) is 0.222. The van der Waals surface area contributed by atoms with Crippen LogP contribution in [-0.4, -0.2) is 5.25 Å². The molecule has 2 unspecified atom stereocenters. The molecule has 1 heteroatoms. The summed E-state index contributed by atoms with van der Waals surface area (Å²) in [5, 5.41) is 0.498. The first kappa shape index (κ1) is 19.1. The van der Waals surface area contributed by atoms with Gasteiger partial charge >= 0.3 is 0 Å². The Labute approximate surface area is 142 Å². The molecule has 1 aromatic rings. The minimum absolute atomic E-state index is 0.498. The monoisotopic (exact) mass is 316 g/mol. The molecule has 0 amide bonds. The van der Waals surface area contributed by atoms with Gasteiger partial charge in [0, 0.05) is 10.1 Å². The summed E-state index contributed by atoms with van der Waals surface area (Å²) in [6.45, 7) is 12.6. The van der Waals surface area contributed by atoms with Crippen LogP contribution in [0.1, 0.15) is 58.8 Å². The van der Waals surface area contributed by atoms with E-state index in [4.69, 9.17) is 0 Å². The smallest absolute Gasteiger partial charge is 0.0274 e. The summed E-state index contributed by atoms with van der Waals surface area (Å²) in [7, 11) is 0. The lowest BCUT2D eigenvalue weighted by Gasteiger charge is -2.21. The Balaban J connectivity index is 2.52. The molecule has 0 N–H and O–H groups in total. The number of hydrogen-bond donors (Lipinski definition) is 0. The van der Waals surface area contributed by atoms with Gasteiger partial charge in [-0.1, -0.05) is 68.9 Å². The fourth-order valence-corrected chi connectivity index (χ4v) is 3.98. The van der Waals surface area contributed by atoms with E-state index in [1.54, 1.807) is 0 Å². The van der Waals surface area contributed by atoms with Crippen molar-refractivity contribution >= 4 is 11.8 Å². The van der Waals surface area contributed by atoms with E-state index in [2.05, 4.69) is 63.4 Å². The molecular weight excluding hydrogens is 284 g/mol. The molecule has 0 fully saturated rings. The molecule has 0 aliphatic heterocycles. The molecule has 2 atom stereocenters. The largest absolute Gasteiger partial charge is 0.119 e. The van der Waals surface area contributed by atoms with Crippen molar-refractivity contribution < 1.29 is 0 Å². The van der Waals surface area contributed by atoms with E-state index < -0.39 is 0 Å². The maximum atomic E-state index is 4.12. The van der Waals surface area contributed by atoms with Crippen molar-refractivity contribution in [2.24, 2.45) is 5.92 Å². The lowest BCUT2D eigenvalue weighted by molar-refractivity contribution is 0.429. The number of thioether (sulfide) groups is 1. The van der Waals surface area contributed by atoms with E-state index in [0.717, 1.165) is 12.3 Å². The lowest BCUT2D eigenvalue weighted by Crippen LogP contribution is -2.10. The van der Waals surface area contributed by atoms with Gasteiger partial charge in [0.05, 0.1) is 0 Å². The van der Waals surface area contributed by atoms with Crippen molar-refractivity contribution in [2.75, 3.05) is 0 Å². The number of unbranched alkanes of at least 4 members (excludes halogenated alkanes) is 3. The Kier molecular flexibility index (Phi) is 10.1. The summed E-state index contributed by atoms with van der Waals surface area (Å²) >= 11 is 1.94. The summed E-state index contributed by atoms with van der Waals surface area (Å²) in [6, 6.07) is 10.7. The summed E-state index contributed by atoms with van der Waals surface area (Å²) in [6.07, 6.45) is 11.2. The molecule has 0 aromatic heterocycles. The fourth-order valence-electron chi connectivity index (χ4n) is 2.85. The van der Waals surface area contributed by atoms with Gasteiger partial charge < -0.3 is 0 Å². The van der Waals surface area contributed by atoms with Crippen LogP contribution in [0.25, 0.3) is 0 Å². The molecular formula is C21H32S. The second-order valence-electron chi connectivity index (χ2n) is 6.32. The first-order valence-corrected chi connectivity index (χ1v) is 9.52. The average molecular weight is 317 g/mol. The van der Waals surface area contributed by atoms with Gasteiger partial charge in [-0.2, -0.15) is 0 Å². The highest BCUT2D eigenvalue weighted by molar-refractivity contribution is 8.00. The summed E-state index contributed by atoms with van der Waals surface area (Å²) in [5.74, 6) is 0.744. The summed E-state index contributed by atoms with van der Waals surface area (Å²) in [5.41, 5.74) is 1.31. The van der Waals surface area contributed by atoms with Crippen molar-refractivity contribution in [3.8, 4) is 0 Å². The molecule has 122 valence electrons. The number of hydrogen-bond acceptors (Lipinski definition) is 1. The Hall–Kier alpha value is -0.950. The second kappa shape index (κ2) is 11.6. The van der Waals surface area contributed by atoms with Gasteiger partial charge in [-0.15, -0.1) is 24.9 Å². The molecule has 0 aliphatic rings. The predicted molar refractivity (Wildman–Crippen MR) is 103 cm³/mol. The standard InChI is InChI=1S/C21H32S/c1-5-7-8-10-13-19(16-18(3)4)17-20(6-2)22-21-14-11-9-12-15-21/h6,9,11-12,14-15,19-20H,2-3,5,7-8,10,13,16-17H2,1,4H3. The minimum Gasteiger partial charge on any atom is -0.119 e. The van der Waals surface area contributed by atoms with Gasteiger partial charge in [0.25, 0.3) is 0 Å². The van der Waals surface area contributed by atoms with Crippen LogP contribution < -0.4 is 0 Å². The van der Waals surface area contributed by atoms with Crippen LogP contribution >= 0.6 is 11.8 Å². The zero-order valence-corrected chi connectivity index (χ0v) is 15.2. The Morgan fingerprint density at radius 1 is 1.18 bits per heavy atom. The molecule has 22 heavy (non-hydrogen) atoms. The van der Waals surface area contributed by atoms with Crippen molar-refractivity contribution in [3.05, 3.63) is 55.1 Å². The van der Waals surface area contributed by atoms with E-state index in [1.165, 1.54) is 49.0 Å². The highest BCUT2D eigenvalue weighted by Crippen LogP contribution is 2.32. The normalized spacial score (nSPS) is 13.5. The van der Waals surface area contributed by atoms with Gasteiger partial charge in [-0.3, -0.25) is 0 Å². The summed E-state index contributed by atoms with van der Waals surface area (Å²) < 4.78 is 0. The third-order valence-corrected chi connectivity index (χ3v) is 5.19. The molecule has 0 spiro atoms. The molecule has 0 heterocycles. The Morgan fingerprint density at radius 3 is 2.50 bits per heavy atom. The van der Waals surface area contributed by atoms with Gasteiger partial charge in [0.15, 0.2) is 0 Å². The van der Waals surface area contributed by atoms with Crippen LogP contribution in [-0.2, 0) is 0 Å². The maximum Gasteiger partial charge on any atom is 0.0274 e. The van der Waals surface area contributed by atoms with Crippen LogP contribution in [0.2, 0.25) is 0 Å². The minimum atomic E-state index is 0.498. The topological polar surface area (TPSA) is 0 Å². The van der Waals surface area contributed by atoms with Crippen molar-refractivity contribution in [3.63, 3.8) is 0 Å². The molecule has 0 aliphatic carbocycles. The van der Waals surface area contributed by atoms with Crippen molar-refractivity contribution in [2.45, 2.75) is 68.9 Å². The molecule has 0 bridgehead atoms. The SMILES string of the molecule is C=CC(CC(CCCCCC)CC(=C)C)Sc1ccccc1. The zero-order chi connectivity index (χ0) is 16.2. The van der Waals surface area contributed by atoms with E-state index in [1.807, 2.05) is 11.8 Å². The fraction of sp³-hybridized carbons (Fsp3) is 0.524. The maximum absolute atomic E-state index is 4.12. The molecule has 0 nitrogen and oxygen atoms in total. The van der Waals surface area contributed by atoms with Crippen LogP contribution in [0.3, 0.4) is 0 Å². The highest BCUT2D eigenvalue weighted by atomic mass is 32.2. The second-order valence-corrected chi connectivity index (χ2v) is 7.63. The molecule has 0 radical (unpaired) electrons. The Morgan fingerprint density at radius 2 is 1.91 bits per heavy atom. The van der Waals surface area contributed by atoms with Crippen LogP contribution in [0.5, 0.6) is 0 Å². The van der Waals surface area contributed by atoms with E-state index in [-0.39, 0.29) is 0 Å². The van der Waals surface area contributed by atoms with Crippen molar-refractivity contribution in [1.82, 2.24) is 0 Å². The number of rotatable bonds is 12. The van der Waals surface area contributed by atoms with E-state index in [9.17, 15) is 0 Å². The molecule has 0 saturated heterocycles. The predicted octanol–water partition coefficient (Wildman–Crippen LogP) is 7.28. The van der Waals surface area contributed by atoms with Gasteiger partial charge in [0.2, 0.25) is 0 Å². The zero-order valence-electron chi connectivity index (χ0n) is 14.4. The van der Waals surface area contributed by atoms with Crippen LogP contribution in [0, 0.1) is 5.92 Å². The van der Waals surface area contributed by atoms with Gasteiger partial charge in [-0.05, 0) is 37.8 Å². The number of allylic oxidation sites excluding steroid dienone is 1. The average Bonchev–Trinajstić information content (AvgIpc) is 2.51. The highest BCUT2D eigenvalue weighted by Gasteiger charge is 2.15. The molecule has 1 rings (SSSR count).